The average molecular weight is 312 g/mol. The van der Waals surface area contributed by atoms with Crippen LogP contribution in [-0.2, 0) is 10.0 Å². The second-order valence-electron chi connectivity index (χ2n) is 5.25. The Morgan fingerprint density at radius 3 is 2.33 bits per heavy atom. The van der Waals surface area contributed by atoms with Crippen LogP contribution in [0.1, 0.15) is 36.2 Å². The van der Waals surface area contributed by atoms with Crippen LogP contribution in [0.2, 0.25) is 0 Å². The van der Waals surface area contributed by atoms with Gasteiger partial charge in [0, 0.05) is 24.7 Å². The van der Waals surface area contributed by atoms with Crippen LogP contribution in [0, 0.1) is 6.92 Å². The Morgan fingerprint density at radius 1 is 1.29 bits per heavy atom. The topological polar surface area (TPSA) is 66.5 Å². The van der Waals surface area contributed by atoms with Gasteiger partial charge in [-0.3, -0.25) is 4.79 Å². The van der Waals surface area contributed by atoms with Gasteiger partial charge in [-0.15, -0.1) is 0 Å². The van der Waals surface area contributed by atoms with Gasteiger partial charge in [0.15, 0.2) is 0 Å². The van der Waals surface area contributed by atoms with Crippen molar-refractivity contribution in [2.45, 2.75) is 33.2 Å². The number of nitrogens with one attached hydrogen (secondary N) is 1. The van der Waals surface area contributed by atoms with Crippen molar-refractivity contribution in [3.05, 3.63) is 35.4 Å². The van der Waals surface area contributed by atoms with E-state index in [4.69, 9.17) is 0 Å². The second-order valence-corrected chi connectivity index (χ2v) is 7.19. The molecule has 0 aliphatic heterocycles. The summed E-state index contributed by atoms with van der Waals surface area (Å²) in [6.07, 6.45) is 1.93. The number of aryl methyl sites for hydroxylation is 1. The van der Waals surface area contributed by atoms with E-state index in [0.717, 1.165) is 12.0 Å². The molecule has 1 N–H and O–H groups in total. The normalized spacial score (nSPS) is 13.2. The number of hydrogen-bond donors (Lipinski definition) is 1. The molecule has 0 radical (unpaired) electrons. The predicted molar refractivity (Wildman–Crippen MR) is 84.8 cm³/mol. The first-order chi connectivity index (χ1) is 9.75. The molecule has 1 aromatic carbocycles. The van der Waals surface area contributed by atoms with E-state index < -0.39 is 10.0 Å². The molecule has 0 saturated carbocycles. The van der Waals surface area contributed by atoms with Crippen molar-refractivity contribution < 1.29 is 13.2 Å². The SMILES string of the molecule is CCC(C)N(CCNC(=O)c1ccc(C)cc1)S(C)(=O)=O. The van der Waals surface area contributed by atoms with Gasteiger partial charge in [-0.25, -0.2) is 8.42 Å². The summed E-state index contributed by atoms with van der Waals surface area (Å²) in [4.78, 5) is 11.9. The molecule has 0 aromatic heterocycles. The van der Waals surface area contributed by atoms with Gasteiger partial charge in [-0.1, -0.05) is 24.6 Å². The van der Waals surface area contributed by atoms with E-state index in [1.807, 2.05) is 32.9 Å². The standard InChI is InChI=1S/C15H24N2O3S/c1-5-13(3)17(21(4,19)20)11-10-16-15(18)14-8-6-12(2)7-9-14/h6-9,13H,5,10-11H2,1-4H3,(H,16,18). The van der Waals surface area contributed by atoms with Crippen LogP contribution in [-0.4, -0.2) is 44.0 Å². The lowest BCUT2D eigenvalue weighted by Gasteiger charge is -2.25. The Morgan fingerprint density at radius 2 is 1.86 bits per heavy atom. The van der Waals surface area contributed by atoms with E-state index in [0.29, 0.717) is 12.1 Å². The lowest BCUT2D eigenvalue weighted by molar-refractivity contribution is 0.0950. The van der Waals surface area contributed by atoms with Gasteiger partial charge in [-0.05, 0) is 32.4 Å². The minimum absolute atomic E-state index is 0.0729. The lowest BCUT2D eigenvalue weighted by atomic mass is 10.1. The van der Waals surface area contributed by atoms with Crippen molar-refractivity contribution in [2.75, 3.05) is 19.3 Å². The third-order valence-corrected chi connectivity index (χ3v) is 4.83. The minimum atomic E-state index is -3.26. The summed E-state index contributed by atoms with van der Waals surface area (Å²) in [5.41, 5.74) is 1.67. The maximum Gasteiger partial charge on any atom is 0.251 e. The van der Waals surface area contributed by atoms with E-state index in [-0.39, 0.29) is 18.5 Å². The zero-order valence-corrected chi connectivity index (χ0v) is 13.9. The molecule has 0 saturated heterocycles. The second kappa shape index (κ2) is 7.56. The van der Waals surface area contributed by atoms with Crippen molar-refractivity contribution in [1.29, 1.82) is 0 Å². The number of sulfonamides is 1. The quantitative estimate of drug-likeness (QED) is 0.834. The maximum atomic E-state index is 11.9. The van der Waals surface area contributed by atoms with Gasteiger partial charge < -0.3 is 5.32 Å². The Balaban J connectivity index is 2.58. The summed E-state index contributed by atoms with van der Waals surface area (Å²) >= 11 is 0. The summed E-state index contributed by atoms with van der Waals surface area (Å²) in [5, 5.41) is 2.75. The molecule has 1 aromatic rings. The fourth-order valence-corrected chi connectivity index (χ4v) is 3.23. The highest BCUT2D eigenvalue weighted by atomic mass is 32.2. The smallest absolute Gasteiger partial charge is 0.251 e. The molecule has 21 heavy (non-hydrogen) atoms. The summed E-state index contributed by atoms with van der Waals surface area (Å²) in [6, 6.07) is 7.19. The number of benzene rings is 1. The van der Waals surface area contributed by atoms with Gasteiger partial charge in [0.2, 0.25) is 10.0 Å². The Hall–Kier alpha value is -1.40. The summed E-state index contributed by atoms with van der Waals surface area (Å²) in [5.74, 6) is -0.187. The van der Waals surface area contributed by atoms with Crippen LogP contribution in [0.3, 0.4) is 0 Å². The largest absolute Gasteiger partial charge is 0.351 e. The highest BCUT2D eigenvalue weighted by Gasteiger charge is 2.21. The van der Waals surface area contributed by atoms with E-state index >= 15 is 0 Å². The van der Waals surface area contributed by atoms with E-state index in [1.54, 1.807) is 12.1 Å². The van der Waals surface area contributed by atoms with E-state index in [1.165, 1.54) is 10.6 Å². The van der Waals surface area contributed by atoms with Crippen molar-refractivity contribution in [1.82, 2.24) is 9.62 Å². The third kappa shape index (κ3) is 5.47. The van der Waals surface area contributed by atoms with Crippen molar-refractivity contribution in [2.24, 2.45) is 0 Å². The van der Waals surface area contributed by atoms with Crippen LogP contribution in [0.15, 0.2) is 24.3 Å². The summed E-state index contributed by atoms with van der Waals surface area (Å²) in [6.45, 7) is 6.34. The average Bonchev–Trinajstić information content (AvgIpc) is 2.42. The fraction of sp³-hybridized carbons (Fsp3) is 0.533. The molecule has 0 bridgehead atoms. The zero-order valence-electron chi connectivity index (χ0n) is 13.1. The molecule has 6 heteroatoms. The highest BCUT2D eigenvalue weighted by Crippen LogP contribution is 2.08. The Labute approximate surface area is 127 Å². The monoisotopic (exact) mass is 312 g/mol. The van der Waals surface area contributed by atoms with Crippen molar-refractivity contribution in [3.63, 3.8) is 0 Å². The van der Waals surface area contributed by atoms with E-state index in [9.17, 15) is 13.2 Å². The molecule has 0 aliphatic rings. The molecule has 1 atom stereocenters. The van der Waals surface area contributed by atoms with Crippen LogP contribution in [0.5, 0.6) is 0 Å². The molecule has 1 rings (SSSR count). The summed E-state index contributed by atoms with van der Waals surface area (Å²) < 4.78 is 24.9. The molecular weight excluding hydrogens is 288 g/mol. The number of carbonyl (C=O) groups excluding carboxylic acids is 1. The molecule has 0 spiro atoms. The number of amides is 1. The van der Waals surface area contributed by atoms with Gasteiger partial charge >= 0.3 is 0 Å². The first-order valence-corrected chi connectivity index (χ1v) is 8.92. The van der Waals surface area contributed by atoms with Crippen LogP contribution >= 0.6 is 0 Å². The molecule has 0 heterocycles. The molecule has 1 amide bonds. The van der Waals surface area contributed by atoms with Crippen LogP contribution in [0.4, 0.5) is 0 Å². The highest BCUT2D eigenvalue weighted by molar-refractivity contribution is 7.88. The maximum absolute atomic E-state index is 11.9. The molecule has 0 fully saturated rings. The molecule has 118 valence electrons. The molecular formula is C15H24N2O3S. The van der Waals surface area contributed by atoms with Gasteiger partial charge in [-0.2, -0.15) is 4.31 Å². The third-order valence-electron chi connectivity index (χ3n) is 3.44. The Bertz CT molecular complexity index is 567. The predicted octanol–water partition coefficient (Wildman–Crippen LogP) is 1.78. The number of carbonyl (C=O) groups is 1. The first-order valence-electron chi connectivity index (χ1n) is 7.07. The van der Waals surface area contributed by atoms with Gasteiger partial charge in [0.1, 0.15) is 0 Å². The lowest BCUT2D eigenvalue weighted by Crippen LogP contribution is -2.42. The fourth-order valence-electron chi connectivity index (χ4n) is 2.00. The zero-order chi connectivity index (χ0) is 16.0. The molecule has 1 unspecified atom stereocenters. The van der Waals surface area contributed by atoms with Crippen LogP contribution in [0.25, 0.3) is 0 Å². The minimum Gasteiger partial charge on any atom is -0.351 e. The number of nitrogens with zero attached hydrogens (tertiary/aromatic N) is 1. The number of hydrogen-bond acceptors (Lipinski definition) is 3. The summed E-state index contributed by atoms with van der Waals surface area (Å²) in [7, 11) is -3.26. The Kier molecular flexibility index (Phi) is 6.36. The van der Waals surface area contributed by atoms with Crippen LogP contribution < -0.4 is 5.32 Å². The van der Waals surface area contributed by atoms with E-state index in [2.05, 4.69) is 5.32 Å². The molecule has 0 aliphatic carbocycles. The number of rotatable bonds is 7. The molecule has 5 nitrogen and oxygen atoms in total. The first kappa shape index (κ1) is 17.7. The van der Waals surface area contributed by atoms with Crippen molar-refractivity contribution >= 4 is 15.9 Å². The van der Waals surface area contributed by atoms with Gasteiger partial charge in [0.05, 0.1) is 6.26 Å². The van der Waals surface area contributed by atoms with Crippen molar-refractivity contribution in [3.8, 4) is 0 Å². The van der Waals surface area contributed by atoms with Gasteiger partial charge in [0.25, 0.3) is 5.91 Å².